The third-order valence-corrected chi connectivity index (χ3v) is 5.38. The molecular weight excluding hydrogens is 414 g/mol. The molecule has 2 aromatic carbocycles. The zero-order valence-electron chi connectivity index (χ0n) is 16.7. The molecule has 0 aliphatic rings. The van der Waals surface area contributed by atoms with Crippen LogP contribution in [-0.4, -0.2) is 28.8 Å². The highest BCUT2D eigenvalue weighted by Gasteiger charge is 2.27. The van der Waals surface area contributed by atoms with Gasteiger partial charge in [0.1, 0.15) is 11.9 Å². The Labute approximate surface area is 181 Å². The second-order valence-electron chi connectivity index (χ2n) is 7.05. The zero-order chi connectivity index (χ0) is 21.6. The molecule has 0 spiro atoms. The first-order chi connectivity index (χ1) is 13.7. The lowest BCUT2D eigenvalue weighted by Crippen LogP contribution is -2.49. The molecule has 156 valence electrons. The predicted molar refractivity (Wildman–Crippen MR) is 114 cm³/mol. The van der Waals surface area contributed by atoms with E-state index in [0.29, 0.717) is 15.6 Å². The van der Waals surface area contributed by atoms with Crippen molar-refractivity contribution in [3.8, 4) is 0 Å². The van der Waals surface area contributed by atoms with Gasteiger partial charge in [0.05, 0.1) is 6.42 Å². The van der Waals surface area contributed by atoms with E-state index in [9.17, 15) is 14.0 Å². The minimum absolute atomic E-state index is 0.00145. The lowest BCUT2D eigenvalue weighted by molar-refractivity contribution is -0.140. The molecule has 0 aromatic heterocycles. The summed E-state index contributed by atoms with van der Waals surface area (Å²) in [6.45, 7) is 5.74. The third-order valence-electron chi connectivity index (χ3n) is 4.79. The molecule has 29 heavy (non-hydrogen) atoms. The average Bonchev–Trinajstić information content (AvgIpc) is 2.68. The topological polar surface area (TPSA) is 49.4 Å². The lowest BCUT2D eigenvalue weighted by atomic mass is 10.1. The van der Waals surface area contributed by atoms with Gasteiger partial charge in [-0.3, -0.25) is 9.59 Å². The number of nitrogens with zero attached hydrogens (tertiary/aromatic N) is 1. The van der Waals surface area contributed by atoms with Crippen LogP contribution >= 0.6 is 23.2 Å². The normalized spacial score (nSPS) is 12.9. The summed E-state index contributed by atoms with van der Waals surface area (Å²) in [4.78, 5) is 27.2. The second-order valence-corrected chi connectivity index (χ2v) is 7.90. The molecule has 7 heteroatoms. The number of rotatable bonds is 8. The van der Waals surface area contributed by atoms with Gasteiger partial charge in [0.15, 0.2) is 0 Å². The first-order valence-electron chi connectivity index (χ1n) is 9.49. The van der Waals surface area contributed by atoms with Gasteiger partial charge in [0.25, 0.3) is 0 Å². The number of carbonyl (C=O) groups excluding carboxylic acids is 2. The molecule has 2 aromatic rings. The van der Waals surface area contributed by atoms with Crippen molar-refractivity contribution >= 4 is 35.0 Å². The number of nitrogens with one attached hydrogen (secondary N) is 1. The molecule has 2 unspecified atom stereocenters. The van der Waals surface area contributed by atoms with Crippen LogP contribution in [-0.2, 0) is 22.6 Å². The van der Waals surface area contributed by atoms with Crippen LogP contribution in [0.1, 0.15) is 38.3 Å². The summed E-state index contributed by atoms with van der Waals surface area (Å²) in [6.07, 6.45) is 0.808. The van der Waals surface area contributed by atoms with Crippen molar-refractivity contribution in [1.29, 1.82) is 0 Å². The number of amides is 2. The zero-order valence-corrected chi connectivity index (χ0v) is 18.2. The van der Waals surface area contributed by atoms with Crippen molar-refractivity contribution < 1.29 is 14.0 Å². The highest BCUT2D eigenvalue weighted by Crippen LogP contribution is 2.22. The van der Waals surface area contributed by atoms with Gasteiger partial charge in [-0.1, -0.05) is 48.3 Å². The van der Waals surface area contributed by atoms with E-state index < -0.39 is 6.04 Å². The van der Waals surface area contributed by atoms with Crippen LogP contribution < -0.4 is 5.32 Å². The Hall–Kier alpha value is -2.11. The van der Waals surface area contributed by atoms with Gasteiger partial charge in [-0.15, -0.1) is 0 Å². The Kier molecular flexibility index (Phi) is 8.47. The van der Waals surface area contributed by atoms with Crippen LogP contribution in [0.2, 0.25) is 10.0 Å². The highest BCUT2D eigenvalue weighted by molar-refractivity contribution is 6.35. The summed E-state index contributed by atoms with van der Waals surface area (Å²) in [6, 6.07) is 10.1. The summed E-state index contributed by atoms with van der Waals surface area (Å²) in [5.41, 5.74) is 1.35. The Balaban J connectivity index is 2.25. The fourth-order valence-corrected chi connectivity index (χ4v) is 3.24. The molecule has 2 amide bonds. The van der Waals surface area contributed by atoms with Gasteiger partial charge in [-0.25, -0.2) is 4.39 Å². The van der Waals surface area contributed by atoms with Gasteiger partial charge in [0.2, 0.25) is 11.8 Å². The number of hydrogen-bond donors (Lipinski definition) is 1. The van der Waals surface area contributed by atoms with Gasteiger partial charge in [-0.05, 0) is 55.7 Å². The maximum atomic E-state index is 13.2. The fraction of sp³-hybridized carbons (Fsp3) is 0.364. The monoisotopic (exact) mass is 438 g/mol. The lowest BCUT2D eigenvalue weighted by Gasteiger charge is -2.30. The molecule has 0 fully saturated rings. The van der Waals surface area contributed by atoms with E-state index in [1.54, 1.807) is 37.3 Å². The van der Waals surface area contributed by atoms with Gasteiger partial charge >= 0.3 is 0 Å². The molecule has 0 saturated carbocycles. The summed E-state index contributed by atoms with van der Waals surface area (Å²) < 4.78 is 13.2. The molecule has 0 radical (unpaired) electrons. The van der Waals surface area contributed by atoms with Gasteiger partial charge in [0, 0.05) is 22.6 Å². The van der Waals surface area contributed by atoms with Crippen LogP contribution in [0.3, 0.4) is 0 Å². The van der Waals surface area contributed by atoms with Crippen LogP contribution in [0.25, 0.3) is 0 Å². The standard InChI is InChI=1S/C22H25Cl2FN2O2/c1-4-14(2)26-22(29)15(3)27(13-16-5-9-19(25)10-6-16)21(28)11-17-7-8-18(23)12-20(17)24/h5-10,12,14-15H,4,11,13H2,1-3H3,(H,26,29). The Morgan fingerprint density at radius 1 is 1.10 bits per heavy atom. The van der Waals surface area contributed by atoms with Crippen molar-refractivity contribution in [2.45, 2.75) is 52.2 Å². The molecule has 4 nitrogen and oxygen atoms in total. The first kappa shape index (κ1) is 23.2. The number of carbonyl (C=O) groups is 2. The molecule has 0 bridgehead atoms. The van der Waals surface area contributed by atoms with Crippen LogP contribution in [0.5, 0.6) is 0 Å². The van der Waals surface area contributed by atoms with Crippen molar-refractivity contribution in [3.05, 3.63) is 69.5 Å². The number of benzene rings is 2. The SMILES string of the molecule is CCC(C)NC(=O)C(C)N(Cc1ccc(F)cc1)C(=O)Cc1ccc(Cl)cc1Cl. The van der Waals surface area contributed by atoms with E-state index in [4.69, 9.17) is 23.2 Å². The molecule has 2 rings (SSSR count). The van der Waals surface area contributed by atoms with E-state index in [-0.39, 0.29) is 36.6 Å². The largest absolute Gasteiger partial charge is 0.352 e. The predicted octanol–water partition coefficient (Wildman–Crippen LogP) is 5.01. The minimum atomic E-state index is -0.701. The Bertz CT molecular complexity index is 858. The van der Waals surface area contributed by atoms with Crippen LogP contribution in [0.15, 0.2) is 42.5 Å². The van der Waals surface area contributed by atoms with Crippen molar-refractivity contribution in [3.63, 3.8) is 0 Å². The molecule has 0 aliphatic heterocycles. The summed E-state index contributed by atoms with van der Waals surface area (Å²) in [7, 11) is 0. The minimum Gasteiger partial charge on any atom is -0.352 e. The Morgan fingerprint density at radius 3 is 2.34 bits per heavy atom. The van der Waals surface area contributed by atoms with Gasteiger partial charge < -0.3 is 10.2 Å². The smallest absolute Gasteiger partial charge is 0.242 e. The maximum Gasteiger partial charge on any atom is 0.242 e. The van der Waals surface area contributed by atoms with Gasteiger partial charge in [-0.2, -0.15) is 0 Å². The molecular formula is C22H25Cl2FN2O2. The average molecular weight is 439 g/mol. The van der Waals surface area contributed by atoms with E-state index in [1.807, 2.05) is 13.8 Å². The van der Waals surface area contributed by atoms with Crippen LogP contribution in [0.4, 0.5) is 4.39 Å². The second kappa shape index (κ2) is 10.6. The third kappa shape index (κ3) is 6.72. The Morgan fingerprint density at radius 2 is 1.76 bits per heavy atom. The van der Waals surface area contributed by atoms with Crippen molar-refractivity contribution in [2.24, 2.45) is 0 Å². The highest BCUT2D eigenvalue weighted by atomic mass is 35.5. The fourth-order valence-electron chi connectivity index (χ4n) is 2.76. The first-order valence-corrected chi connectivity index (χ1v) is 10.2. The molecule has 0 aliphatic carbocycles. The van der Waals surface area contributed by atoms with E-state index in [0.717, 1.165) is 12.0 Å². The maximum absolute atomic E-state index is 13.2. The molecule has 0 saturated heterocycles. The van der Waals surface area contributed by atoms with Crippen molar-refractivity contribution in [2.75, 3.05) is 0 Å². The molecule has 0 heterocycles. The number of halogens is 3. The van der Waals surface area contributed by atoms with E-state index in [1.165, 1.54) is 17.0 Å². The van der Waals surface area contributed by atoms with E-state index in [2.05, 4.69) is 5.32 Å². The van der Waals surface area contributed by atoms with Crippen LogP contribution in [0, 0.1) is 5.82 Å². The molecule has 2 atom stereocenters. The summed E-state index contributed by atoms with van der Waals surface area (Å²) in [5.74, 6) is -0.857. The number of hydrogen-bond acceptors (Lipinski definition) is 2. The quantitative estimate of drug-likeness (QED) is 0.629. The molecule has 1 N–H and O–H groups in total. The van der Waals surface area contributed by atoms with E-state index >= 15 is 0 Å². The van der Waals surface area contributed by atoms with Crippen molar-refractivity contribution in [1.82, 2.24) is 10.2 Å². The summed E-state index contributed by atoms with van der Waals surface area (Å²) in [5, 5.41) is 3.78. The summed E-state index contributed by atoms with van der Waals surface area (Å²) >= 11 is 12.1.